The van der Waals surface area contributed by atoms with Gasteiger partial charge in [-0.1, -0.05) is 41.9 Å². The molecule has 1 heterocycles. The number of benzene rings is 2. The fraction of sp³-hybridized carbons (Fsp3) is 0.333. The van der Waals surface area contributed by atoms with Crippen molar-refractivity contribution >= 4 is 45.1 Å². The number of nitrogens with one attached hydrogen (secondary N) is 2. The van der Waals surface area contributed by atoms with E-state index < -0.39 is 23.3 Å². The van der Waals surface area contributed by atoms with E-state index in [4.69, 9.17) is 11.6 Å². The average molecular weight is 626 g/mol. The lowest BCUT2D eigenvalue weighted by Gasteiger charge is -2.27. The molecule has 0 spiro atoms. The Morgan fingerprint density at radius 2 is 1.62 bits per heavy atom. The van der Waals surface area contributed by atoms with Gasteiger partial charge in [-0.2, -0.15) is 18.3 Å². The Hall–Kier alpha value is -3.18. The highest BCUT2D eigenvalue weighted by atomic mass is 79.9. The molecule has 7 nitrogen and oxygen atoms in total. The maximum Gasteiger partial charge on any atom is 0.435 e. The Balaban J connectivity index is 1.28. The fourth-order valence-electron chi connectivity index (χ4n) is 4.57. The summed E-state index contributed by atoms with van der Waals surface area (Å²) >= 11 is 9.16. The number of hydrogen-bond acceptors (Lipinski definition) is 4. The van der Waals surface area contributed by atoms with Crippen molar-refractivity contribution in [2.75, 3.05) is 13.1 Å². The number of carbonyl (C=O) groups is 3. The van der Waals surface area contributed by atoms with Gasteiger partial charge in [0, 0.05) is 41.2 Å². The average Bonchev–Trinajstić information content (AvgIpc) is 3.39. The molecule has 0 saturated heterocycles. The molecule has 4 rings (SSSR count). The van der Waals surface area contributed by atoms with Crippen LogP contribution in [0.4, 0.5) is 13.2 Å². The summed E-state index contributed by atoms with van der Waals surface area (Å²) in [4.78, 5) is 37.8. The fourth-order valence-corrected chi connectivity index (χ4v) is 5.05. The molecular weight excluding hydrogens is 601 g/mol. The zero-order valence-corrected chi connectivity index (χ0v) is 22.9. The van der Waals surface area contributed by atoms with Crippen LogP contribution in [0.15, 0.2) is 59.2 Å². The van der Waals surface area contributed by atoms with Gasteiger partial charge >= 0.3 is 6.18 Å². The SMILES string of the molecule is O=C(NCCNC(=O)C1CCC(C(=O)c2ccccc2)CC1)c1cn(-c2ccc(Cl)c(Br)c2)nc1C(F)(F)F. The molecule has 2 amide bonds. The van der Waals surface area contributed by atoms with E-state index in [0.29, 0.717) is 40.7 Å². The normalized spacial score (nSPS) is 17.5. The summed E-state index contributed by atoms with van der Waals surface area (Å²) in [6.45, 7) is -0.0194. The molecule has 0 atom stereocenters. The second-order valence-electron chi connectivity index (χ2n) is 9.26. The molecule has 0 radical (unpaired) electrons. The number of alkyl halides is 3. The predicted molar refractivity (Wildman–Crippen MR) is 143 cm³/mol. The third kappa shape index (κ3) is 7.07. The monoisotopic (exact) mass is 624 g/mol. The Kier molecular flexibility index (Phi) is 9.12. The number of amides is 2. The van der Waals surface area contributed by atoms with E-state index in [1.165, 1.54) is 18.2 Å². The topological polar surface area (TPSA) is 93.1 Å². The summed E-state index contributed by atoms with van der Waals surface area (Å²) in [5.41, 5.74) is -1.01. The van der Waals surface area contributed by atoms with Crippen LogP contribution in [0.3, 0.4) is 0 Å². The van der Waals surface area contributed by atoms with Crippen molar-refractivity contribution in [1.82, 2.24) is 20.4 Å². The van der Waals surface area contributed by atoms with Gasteiger partial charge in [-0.15, -0.1) is 0 Å². The molecule has 39 heavy (non-hydrogen) atoms. The zero-order chi connectivity index (χ0) is 28.2. The molecule has 1 aliphatic carbocycles. The summed E-state index contributed by atoms with van der Waals surface area (Å²) in [6, 6.07) is 13.5. The standard InChI is InChI=1S/C27H25BrClF3N4O3/c28-21-14-19(10-11-22(21)29)36-15-20(24(35-36)27(30,31)32)26(39)34-13-12-33-25(38)18-8-6-17(7-9-18)23(37)16-4-2-1-3-5-16/h1-5,10-11,14-15,17-18H,6-9,12-13H2,(H,33,38)(H,34,39). The van der Waals surface area contributed by atoms with Gasteiger partial charge in [-0.25, -0.2) is 4.68 Å². The Morgan fingerprint density at radius 1 is 0.974 bits per heavy atom. The summed E-state index contributed by atoms with van der Waals surface area (Å²) < 4.78 is 42.2. The lowest BCUT2D eigenvalue weighted by molar-refractivity contribution is -0.141. The molecule has 1 aliphatic rings. The number of Topliss-reactive ketones (excluding diaryl/α,β-unsaturated/α-hetero) is 1. The van der Waals surface area contributed by atoms with Crippen LogP contribution >= 0.6 is 27.5 Å². The maximum absolute atomic E-state index is 13.6. The van der Waals surface area contributed by atoms with Crippen molar-refractivity contribution in [3.63, 3.8) is 0 Å². The van der Waals surface area contributed by atoms with E-state index in [0.717, 1.165) is 10.9 Å². The van der Waals surface area contributed by atoms with Gasteiger partial charge in [0.15, 0.2) is 11.5 Å². The third-order valence-electron chi connectivity index (χ3n) is 6.63. The van der Waals surface area contributed by atoms with Crippen LogP contribution < -0.4 is 10.6 Å². The largest absolute Gasteiger partial charge is 0.435 e. The maximum atomic E-state index is 13.6. The number of aromatic nitrogens is 2. The van der Waals surface area contributed by atoms with Crippen LogP contribution in [-0.4, -0.2) is 40.5 Å². The van der Waals surface area contributed by atoms with Gasteiger partial charge in [0.1, 0.15) is 0 Å². The van der Waals surface area contributed by atoms with Crippen LogP contribution in [-0.2, 0) is 11.0 Å². The first-order valence-corrected chi connectivity index (χ1v) is 13.5. The van der Waals surface area contributed by atoms with E-state index >= 15 is 0 Å². The number of nitrogens with zero attached hydrogens (tertiary/aromatic N) is 2. The van der Waals surface area contributed by atoms with E-state index in [2.05, 4.69) is 31.7 Å². The molecule has 0 unspecified atom stereocenters. The smallest absolute Gasteiger partial charge is 0.354 e. The summed E-state index contributed by atoms with van der Waals surface area (Å²) in [5.74, 6) is -1.45. The quantitative estimate of drug-likeness (QED) is 0.243. The highest BCUT2D eigenvalue weighted by Crippen LogP contribution is 2.33. The molecule has 206 valence electrons. The van der Waals surface area contributed by atoms with Crippen LogP contribution in [0.1, 0.15) is 52.1 Å². The summed E-state index contributed by atoms with van der Waals surface area (Å²) in [7, 11) is 0. The molecule has 2 N–H and O–H groups in total. The number of halogens is 5. The lowest BCUT2D eigenvalue weighted by Crippen LogP contribution is -2.39. The van der Waals surface area contributed by atoms with E-state index in [-0.39, 0.29) is 42.3 Å². The first-order valence-electron chi connectivity index (χ1n) is 12.3. The highest BCUT2D eigenvalue weighted by Gasteiger charge is 2.39. The molecule has 1 fully saturated rings. The Labute approximate surface area is 236 Å². The number of carbonyl (C=O) groups excluding carboxylic acids is 3. The van der Waals surface area contributed by atoms with Crippen molar-refractivity contribution in [2.45, 2.75) is 31.9 Å². The van der Waals surface area contributed by atoms with E-state index in [1.54, 1.807) is 12.1 Å². The second kappa shape index (κ2) is 12.3. The Morgan fingerprint density at radius 3 is 2.26 bits per heavy atom. The summed E-state index contributed by atoms with van der Waals surface area (Å²) in [6.07, 6.45) is -1.50. The van der Waals surface area contributed by atoms with Crippen molar-refractivity contribution in [1.29, 1.82) is 0 Å². The van der Waals surface area contributed by atoms with Crippen LogP contribution in [0, 0.1) is 11.8 Å². The van der Waals surface area contributed by atoms with Crippen molar-refractivity contribution in [3.8, 4) is 5.69 Å². The van der Waals surface area contributed by atoms with Gasteiger partial charge in [0.05, 0.1) is 16.3 Å². The molecule has 2 aromatic carbocycles. The van der Waals surface area contributed by atoms with Crippen molar-refractivity contribution in [2.24, 2.45) is 11.8 Å². The molecule has 12 heteroatoms. The zero-order valence-electron chi connectivity index (χ0n) is 20.6. The van der Waals surface area contributed by atoms with Crippen molar-refractivity contribution < 1.29 is 27.6 Å². The van der Waals surface area contributed by atoms with Gasteiger partial charge in [0.25, 0.3) is 5.91 Å². The first-order chi connectivity index (χ1) is 18.5. The van der Waals surface area contributed by atoms with Crippen molar-refractivity contribution in [3.05, 3.63) is 81.0 Å². The molecular formula is C27H25BrClF3N4O3. The predicted octanol–water partition coefficient (Wildman–Crippen LogP) is 5.84. The highest BCUT2D eigenvalue weighted by molar-refractivity contribution is 9.10. The minimum absolute atomic E-state index is 0.0487. The molecule has 1 saturated carbocycles. The first kappa shape index (κ1) is 28.8. The van der Waals surface area contributed by atoms with Gasteiger partial charge in [-0.3, -0.25) is 14.4 Å². The second-order valence-corrected chi connectivity index (χ2v) is 10.5. The van der Waals surface area contributed by atoms with Gasteiger partial charge < -0.3 is 10.6 Å². The van der Waals surface area contributed by atoms with Crippen LogP contribution in [0.5, 0.6) is 0 Å². The number of hydrogen-bond donors (Lipinski definition) is 2. The van der Waals surface area contributed by atoms with Crippen LogP contribution in [0.2, 0.25) is 5.02 Å². The van der Waals surface area contributed by atoms with Gasteiger partial charge in [0.2, 0.25) is 5.91 Å². The third-order valence-corrected chi connectivity index (χ3v) is 7.85. The minimum atomic E-state index is -4.85. The van der Waals surface area contributed by atoms with Gasteiger partial charge in [-0.05, 0) is 59.8 Å². The lowest BCUT2D eigenvalue weighted by atomic mass is 9.78. The van der Waals surface area contributed by atoms with E-state index in [1.807, 2.05) is 18.2 Å². The van der Waals surface area contributed by atoms with E-state index in [9.17, 15) is 27.6 Å². The Bertz CT molecular complexity index is 1360. The summed E-state index contributed by atoms with van der Waals surface area (Å²) in [5, 5.41) is 9.08. The number of ketones is 1. The molecule has 3 aromatic rings. The number of rotatable bonds is 8. The molecule has 0 aliphatic heterocycles. The van der Waals surface area contributed by atoms with Crippen LogP contribution in [0.25, 0.3) is 5.69 Å². The molecule has 0 bridgehead atoms. The minimum Gasteiger partial charge on any atom is -0.354 e. The molecule has 1 aromatic heterocycles.